The first-order chi connectivity index (χ1) is 6.15. The van der Waals surface area contributed by atoms with E-state index in [0.29, 0.717) is 0 Å². The van der Waals surface area contributed by atoms with Gasteiger partial charge in [0.2, 0.25) is 0 Å². The van der Waals surface area contributed by atoms with Gasteiger partial charge in [-0.3, -0.25) is 4.79 Å². The number of carbonyl (C=O) groups is 1. The molecule has 0 radical (unpaired) electrons. The highest BCUT2D eigenvalue weighted by atomic mass is 16.5. The number of ether oxygens (including phenoxy) is 1. The summed E-state index contributed by atoms with van der Waals surface area (Å²) in [6.07, 6.45) is 0.883. The fraction of sp³-hybridized carbons (Fsp3) is 0.900. The lowest BCUT2D eigenvalue weighted by molar-refractivity contribution is -0.145. The second kappa shape index (κ2) is 6.89. The van der Waals surface area contributed by atoms with Gasteiger partial charge in [0.1, 0.15) is 0 Å². The summed E-state index contributed by atoms with van der Waals surface area (Å²) in [7, 11) is 1.44. The molecular formula is C10H21NO2. The SMILES string of the molecule is CCN(CC)CCC(C)C(=O)OC. The Morgan fingerprint density at radius 1 is 1.38 bits per heavy atom. The van der Waals surface area contributed by atoms with Crippen molar-refractivity contribution in [3.63, 3.8) is 0 Å². The fourth-order valence-electron chi connectivity index (χ4n) is 1.24. The molecule has 3 heteroatoms. The lowest BCUT2D eigenvalue weighted by Crippen LogP contribution is -2.27. The van der Waals surface area contributed by atoms with Crippen LogP contribution in [0.15, 0.2) is 0 Å². The summed E-state index contributed by atoms with van der Waals surface area (Å²) < 4.78 is 4.65. The number of rotatable bonds is 6. The Bertz CT molecular complexity index is 144. The molecule has 0 fully saturated rings. The molecule has 0 bridgehead atoms. The summed E-state index contributed by atoms with van der Waals surface area (Å²) in [5.74, 6) is -0.0854. The van der Waals surface area contributed by atoms with Crippen molar-refractivity contribution in [2.24, 2.45) is 5.92 Å². The minimum absolute atomic E-state index is 0.0191. The highest BCUT2D eigenvalue weighted by Gasteiger charge is 2.13. The average Bonchev–Trinajstić information content (AvgIpc) is 2.17. The van der Waals surface area contributed by atoms with Crippen molar-refractivity contribution in [3.8, 4) is 0 Å². The predicted octanol–water partition coefficient (Wildman–Crippen LogP) is 1.53. The molecule has 0 saturated carbocycles. The van der Waals surface area contributed by atoms with Crippen LogP contribution >= 0.6 is 0 Å². The monoisotopic (exact) mass is 187 g/mol. The minimum atomic E-state index is -0.104. The minimum Gasteiger partial charge on any atom is -0.469 e. The lowest BCUT2D eigenvalue weighted by atomic mass is 10.1. The van der Waals surface area contributed by atoms with E-state index in [-0.39, 0.29) is 11.9 Å². The quantitative estimate of drug-likeness (QED) is 0.591. The molecule has 0 N–H and O–H groups in total. The van der Waals surface area contributed by atoms with Gasteiger partial charge in [0.25, 0.3) is 0 Å². The van der Waals surface area contributed by atoms with Crippen LogP contribution in [0.5, 0.6) is 0 Å². The summed E-state index contributed by atoms with van der Waals surface area (Å²) in [6, 6.07) is 0. The van der Waals surface area contributed by atoms with Crippen LogP contribution in [0.25, 0.3) is 0 Å². The van der Waals surface area contributed by atoms with E-state index in [1.54, 1.807) is 0 Å². The molecule has 0 heterocycles. The molecule has 0 rings (SSSR count). The molecule has 0 aliphatic rings. The summed E-state index contributed by atoms with van der Waals surface area (Å²) in [4.78, 5) is 13.4. The molecule has 1 atom stereocenters. The van der Waals surface area contributed by atoms with Gasteiger partial charge in [-0.2, -0.15) is 0 Å². The van der Waals surface area contributed by atoms with Crippen LogP contribution in [-0.2, 0) is 9.53 Å². The van der Waals surface area contributed by atoms with Gasteiger partial charge in [-0.1, -0.05) is 20.8 Å². The van der Waals surface area contributed by atoms with E-state index in [4.69, 9.17) is 0 Å². The molecule has 13 heavy (non-hydrogen) atoms. The molecule has 0 aliphatic heterocycles. The second-order valence-corrected chi connectivity index (χ2v) is 3.24. The first kappa shape index (κ1) is 12.4. The van der Waals surface area contributed by atoms with Gasteiger partial charge >= 0.3 is 5.97 Å². The largest absolute Gasteiger partial charge is 0.469 e. The highest BCUT2D eigenvalue weighted by Crippen LogP contribution is 2.05. The highest BCUT2D eigenvalue weighted by molar-refractivity contribution is 5.71. The summed E-state index contributed by atoms with van der Waals surface area (Å²) in [5, 5.41) is 0. The van der Waals surface area contributed by atoms with Crippen molar-refractivity contribution in [1.29, 1.82) is 0 Å². The van der Waals surface area contributed by atoms with Crippen LogP contribution in [0, 0.1) is 5.92 Å². The second-order valence-electron chi connectivity index (χ2n) is 3.24. The van der Waals surface area contributed by atoms with E-state index in [2.05, 4.69) is 23.5 Å². The topological polar surface area (TPSA) is 29.5 Å². The summed E-state index contributed by atoms with van der Waals surface area (Å²) >= 11 is 0. The smallest absolute Gasteiger partial charge is 0.308 e. The third-order valence-corrected chi connectivity index (χ3v) is 2.38. The van der Waals surface area contributed by atoms with E-state index in [9.17, 15) is 4.79 Å². The first-order valence-electron chi connectivity index (χ1n) is 4.95. The lowest BCUT2D eigenvalue weighted by Gasteiger charge is -2.19. The average molecular weight is 187 g/mol. The van der Waals surface area contributed by atoms with Crippen LogP contribution in [0.2, 0.25) is 0 Å². The van der Waals surface area contributed by atoms with Gasteiger partial charge in [-0.25, -0.2) is 0 Å². The number of esters is 1. The third kappa shape index (κ3) is 4.88. The molecule has 1 unspecified atom stereocenters. The molecule has 0 spiro atoms. The molecule has 0 aliphatic carbocycles. The molecule has 3 nitrogen and oxygen atoms in total. The Morgan fingerprint density at radius 3 is 2.31 bits per heavy atom. The van der Waals surface area contributed by atoms with Gasteiger partial charge in [0.15, 0.2) is 0 Å². The van der Waals surface area contributed by atoms with Crippen molar-refractivity contribution in [1.82, 2.24) is 4.90 Å². The van der Waals surface area contributed by atoms with E-state index >= 15 is 0 Å². The normalized spacial score (nSPS) is 13.0. The standard InChI is InChI=1S/C10H21NO2/c1-5-11(6-2)8-7-9(3)10(12)13-4/h9H,5-8H2,1-4H3. The number of methoxy groups -OCH3 is 1. The Morgan fingerprint density at radius 2 is 1.92 bits per heavy atom. The molecule has 78 valence electrons. The van der Waals surface area contributed by atoms with E-state index in [0.717, 1.165) is 26.1 Å². The third-order valence-electron chi connectivity index (χ3n) is 2.38. The molecule has 0 aromatic carbocycles. The fourth-order valence-corrected chi connectivity index (χ4v) is 1.24. The van der Waals surface area contributed by atoms with Crippen molar-refractivity contribution in [3.05, 3.63) is 0 Å². The molecular weight excluding hydrogens is 166 g/mol. The number of hydrogen-bond donors (Lipinski definition) is 0. The van der Waals surface area contributed by atoms with Crippen LogP contribution in [0.1, 0.15) is 27.2 Å². The van der Waals surface area contributed by atoms with Gasteiger partial charge in [-0.15, -0.1) is 0 Å². The van der Waals surface area contributed by atoms with Gasteiger partial charge in [0, 0.05) is 0 Å². The van der Waals surface area contributed by atoms with E-state index in [1.165, 1.54) is 7.11 Å². The maximum Gasteiger partial charge on any atom is 0.308 e. The zero-order valence-corrected chi connectivity index (χ0v) is 9.17. The van der Waals surface area contributed by atoms with Gasteiger partial charge in [-0.05, 0) is 26.1 Å². The van der Waals surface area contributed by atoms with Crippen LogP contribution in [0.4, 0.5) is 0 Å². The number of carbonyl (C=O) groups excluding carboxylic acids is 1. The molecule has 0 aromatic rings. The van der Waals surface area contributed by atoms with Gasteiger partial charge in [0.05, 0.1) is 13.0 Å². The van der Waals surface area contributed by atoms with Crippen molar-refractivity contribution in [2.75, 3.05) is 26.7 Å². The predicted molar refractivity (Wildman–Crippen MR) is 53.6 cm³/mol. The Labute approximate surface area is 81.1 Å². The van der Waals surface area contributed by atoms with Gasteiger partial charge < -0.3 is 9.64 Å². The zero-order valence-electron chi connectivity index (χ0n) is 9.17. The Balaban J connectivity index is 3.67. The van der Waals surface area contributed by atoms with Crippen molar-refractivity contribution in [2.45, 2.75) is 27.2 Å². The van der Waals surface area contributed by atoms with Crippen LogP contribution in [0.3, 0.4) is 0 Å². The van der Waals surface area contributed by atoms with Crippen LogP contribution in [-0.4, -0.2) is 37.6 Å². The maximum atomic E-state index is 11.1. The van der Waals surface area contributed by atoms with Crippen LogP contribution < -0.4 is 0 Å². The zero-order chi connectivity index (χ0) is 10.3. The Kier molecular flexibility index (Phi) is 6.59. The molecule has 0 saturated heterocycles. The number of hydrogen-bond acceptors (Lipinski definition) is 3. The number of nitrogens with zero attached hydrogens (tertiary/aromatic N) is 1. The Hall–Kier alpha value is -0.570. The van der Waals surface area contributed by atoms with E-state index < -0.39 is 0 Å². The van der Waals surface area contributed by atoms with Crippen molar-refractivity contribution >= 4 is 5.97 Å². The maximum absolute atomic E-state index is 11.1. The van der Waals surface area contributed by atoms with Crippen molar-refractivity contribution < 1.29 is 9.53 Å². The van der Waals surface area contributed by atoms with E-state index in [1.807, 2.05) is 6.92 Å². The molecule has 0 amide bonds. The summed E-state index contributed by atoms with van der Waals surface area (Å²) in [6.45, 7) is 9.24. The summed E-state index contributed by atoms with van der Waals surface area (Å²) in [5.41, 5.74) is 0. The molecule has 0 aromatic heterocycles. The first-order valence-corrected chi connectivity index (χ1v) is 4.95.